The quantitative estimate of drug-likeness (QED) is 0.674. The second-order valence-electron chi connectivity index (χ2n) is 1.90. The van der Waals surface area contributed by atoms with Gasteiger partial charge in [0.1, 0.15) is 5.51 Å². The number of anilines is 1. The minimum Gasteiger partial charge on any atom is -0.478 e. The van der Waals surface area contributed by atoms with Crippen LogP contribution in [0.25, 0.3) is 0 Å². The average Bonchev–Trinajstić information content (AvgIpc) is 2.53. The third-order valence-electron chi connectivity index (χ3n) is 0.967. The van der Waals surface area contributed by atoms with Crippen LogP contribution in [0.3, 0.4) is 0 Å². The molecule has 0 spiro atoms. The van der Waals surface area contributed by atoms with Crippen LogP contribution in [0, 0.1) is 0 Å². The number of nitrogens with zero attached hydrogens (tertiary/aromatic N) is 2. The molecule has 0 fully saturated rings. The van der Waals surface area contributed by atoms with Crippen molar-refractivity contribution in [3.8, 4) is 0 Å². The lowest BCUT2D eigenvalue weighted by atomic mass is 10.5. The van der Waals surface area contributed by atoms with Gasteiger partial charge in [-0.15, -0.1) is 10.2 Å². The molecule has 0 radical (unpaired) electrons. The van der Waals surface area contributed by atoms with Gasteiger partial charge in [0.25, 0.3) is 0 Å². The van der Waals surface area contributed by atoms with Gasteiger partial charge in [-0.25, -0.2) is 4.79 Å². The number of rotatable bonds is 3. The Kier molecular flexibility index (Phi) is 3.09. The number of hydrogen-bond donors (Lipinski definition) is 2. The number of carboxylic acid groups (broad SMARTS) is 1. The Balaban J connectivity index is 2.47. The summed E-state index contributed by atoms with van der Waals surface area (Å²) in [4.78, 5) is 20.9. The SMILES string of the molecule is O=C(O)/C=C/C(=O)Nc1nncs1. The van der Waals surface area contributed by atoms with E-state index in [1.54, 1.807) is 0 Å². The monoisotopic (exact) mass is 199 g/mol. The molecule has 0 aliphatic rings. The third-order valence-corrected chi connectivity index (χ3v) is 1.57. The fourth-order valence-corrected chi connectivity index (χ4v) is 0.969. The highest BCUT2D eigenvalue weighted by Gasteiger charge is 2.00. The van der Waals surface area contributed by atoms with E-state index in [4.69, 9.17) is 5.11 Å². The number of aliphatic carboxylic acids is 1. The van der Waals surface area contributed by atoms with Crippen LogP contribution < -0.4 is 5.32 Å². The summed E-state index contributed by atoms with van der Waals surface area (Å²) < 4.78 is 0. The summed E-state index contributed by atoms with van der Waals surface area (Å²) in [6, 6.07) is 0. The molecule has 0 saturated heterocycles. The lowest BCUT2D eigenvalue weighted by molar-refractivity contribution is -0.131. The van der Waals surface area contributed by atoms with Crippen LogP contribution >= 0.6 is 11.3 Å². The van der Waals surface area contributed by atoms with Crippen molar-refractivity contribution >= 4 is 28.3 Å². The highest BCUT2D eigenvalue weighted by molar-refractivity contribution is 7.13. The molecule has 13 heavy (non-hydrogen) atoms. The number of carbonyl (C=O) groups is 2. The zero-order valence-electron chi connectivity index (χ0n) is 6.30. The fourth-order valence-electron chi connectivity index (χ4n) is 0.522. The molecule has 0 unspecified atom stereocenters. The molecule has 0 aromatic carbocycles. The lowest BCUT2D eigenvalue weighted by Gasteiger charge is -1.92. The normalized spacial score (nSPS) is 10.2. The first-order chi connectivity index (χ1) is 6.18. The van der Waals surface area contributed by atoms with E-state index in [9.17, 15) is 9.59 Å². The molecule has 7 heteroatoms. The first-order valence-electron chi connectivity index (χ1n) is 3.16. The minimum absolute atomic E-state index is 0.333. The Labute approximate surface area is 76.9 Å². The molecule has 6 nitrogen and oxygen atoms in total. The molecule has 2 N–H and O–H groups in total. The Morgan fingerprint density at radius 2 is 2.31 bits per heavy atom. The summed E-state index contributed by atoms with van der Waals surface area (Å²) in [5, 5.41) is 17.9. The Morgan fingerprint density at radius 3 is 2.85 bits per heavy atom. The van der Waals surface area contributed by atoms with Crippen molar-refractivity contribution in [2.45, 2.75) is 0 Å². The maximum absolute atomic E-state index is 10.9. The second kappa shape index (κ2) is 4.31. The maximum atomic E-state index is 10.9. The highest BCUT2D eigenvalue weighted by Crippen LogP contribution is 2.07. The van der Waals surface area contributed by atoms with Crippen molar-refractivity contribution in [3.05, 3.63) is 17.7 Å². The summed E-state index contributed by atoms with van der Waals surface area (Å²) in [6.07, 6.45) is 1.65. The highest BCUT2D eigenvalue weighted by atomic mass is 32.1. The van der Waals surface area contributed by atoms with Crippen molar-refractivity contribution in [2.24, 2.45) is 0 Å². The number of amides is 1. The van der Waals surface area contributed by atoms with Crippen LogP contribution in [0.4, 0.5) is 5.13 Å². The molecule has 0 bridgehead atoms. The molecule has 1 aromatic rings. The van der Waals surface area contributed by atoms with Crippen molar-refractivity contribution in [1.29, 1.82) is 0 Å². The lowest BCUT2D eigenvalue weighted by Crippen LogP contribution is -2.08. The molecule has 1 aromatic heterocycles. The molecule has 0 aliphatic heterocycles. The summed E-state index contributed by atoms with van der Waals surface area (Å²) in [5.41, 5.74) is 1.45. The van der Waals surface area contributed by atoms with Gasteiger partial charge in [0.15, 0.2) is 0 Å². The molecular weight excluding hydrogens is 194 g/mol. The van der Waals surface area contributed by atoms with Crippen LogP contribution in [0.5, 0.6) is 0 Å². The van der Waals surface area contributed by atoms with Crippen LogP contribution in [-0.4, -0.2) is 27.2 Å². The molecular formula is C6H5N3O3S. The van der Waals surface area contributed by atoms with Gasteiger partial charge in [-0.05, 0) is 0 Å². The third kappa shape index (κ3) is 3.43. The molecule has 0 aliphatic carbocycles. The summed E-state index contributed by atoms with van der Waals surface area (Å²) in [7, 11) is 0. The van der Waals surface area contributed by atoms with E-state index in [0.29, 0.717) is 5.13 Å². The Morgan fingerprint density at radius 1 is 1.54 bits per heavy atom. The van der Waals surface area contributed by atoms with E-state index in [1.807, 2.05) is 0 Å². The van der Waals surface area contributed by atoms with Crippen LogP contribution in [0.15, 0.2) is 17.7 Å². The van der Waals surface area contributed by atoms with Gasteiger partial charge in [-0.2, -0.15) is 0 Å². The topological polar surface area (TPSA) is 92.2 Å². The zero-order valence-corrected chi connectivity index (χ0v) is 7.11. The first kappa shape index (κ1) is 9.33. The first-order valence-corrected chi connectivity index (χ1v) is 4.04. The van der Waals surface area contributed by atoms with E-state index >= 15 is 0 Å². The van der Waals surface area contributed by atoms with Crippen molar-refractivity contribution in [3.63, 3.8) is 0 Å². The number of hydrogen-bond acceptors (Lipinski definition) is 5. The van der Waals surface area contributed by atoms with Crippen LogP contribution in [0.1, 0.15) is 0 Å². The van der Waals surface area contributed by atoms with Crippen molar-refractivity contribution in [1.82, 2.24) is 10.2 Å². The largest absolute Gasteiger partial charge is 0.478 e. The van der Waals surface area contributed by atoms with Gasteiger partial charge in [-0.3, -0.25) is 10.1 Å². The van der Waals surface area contributed by atoms with Crippen molar-refractivity contribution in [2.75, 3.05) is 5.32 Å². The van der Waals surface area contributed by atoms with Gasteiger partial charge in [0.05, 0.1) is 0 Å². The predicted octanol–water partition coefficient (Wildman–Crippen LogP) is 0.117. The molecule has 0 atom stereocenters. The minimum atomic E-state index is -1.17. The predicted molar refractivity (Wildman–Crippen MR) is 45.3 cm³/mol. The molecule has 1 heterocycles. The van der Waals surface area contributed by atoms with Gasteiger partial charge in [0, 0.05) is 12.2 Å². The van der Waals surface area contributed by atoms with E-state index in [0.717, 1.165) is 23.5 Å². The zero-order chi connectivity index (χ0) is 9.68. The molecule has 0 saturated carbocycles. The summed E-state index contributed by atoms with van der Waals surface area (Å²) in [6.45, 7) is 0. The van der Waals surface area contributed by atoms with E-state index in [2.05, 4.69) is 15.5 Å². The van der Waals surface area contributed by atoms with Crippen LogP contribution in [-0.2, 0) is 9.59 Å². The smallest absolute Gasteiger partial charge is 0.328 e. The Bertz CT molecular complexity index is 333. The number of nitrogens with one attached hydrogen (secondary N) is 1. The molecule has 68 valence electrons. The molecule has 1 rings (SSSR count). The summed E-state index contributed by atoms with van der Waals surface area (Å²) >= 11 is 1.15. The summed E-state index contributed by atoms with van der Waals surface area (Å²) in [5.74, 6) is -1.72. The van der Waals surface area contributed by atoms with Crippen LogP contribution in [0.2, 0.25) is 0 Å². The van der Waals surface area contributed by atoms with Gasteiger partial charge < -0.3 is 5.11 Å². The second-order valence-corrected chi connectivity index (χ2v) is 2.74. The number of aromatic nitrogens is 2. The van der Waals surface area contributed by atoms with Gasteiger partial charge in [0.2, 0.25) is 11.0 Å². The van der Waals surface area contributed by atoms with E-state index in [-0.39, 0.29) is 0 Å². The fraction of sp³-hybridized carbons (Fsp3) is 0. The standard InChI is InChI=1S/C6H5N3O3S/c10-4(1-2-5(11)12)8-6-9-7-3-13-6/h1-3H,(H,11,12)(H,8,9,10)/b2-1+. The maximum Gasteiger partial charge on any atom is 0.328 e. The van der Waals surface area contributed by atoms with E-state index in [1.165, 1.54) is 5.51 Å². The van der Waals surface area contributed by atoms with Gasteiger partial charge in [-0.1, -0.05) is 11.3 Å². The van der Waals surface area contributed by atoms with Gasteiger partial charge >= 0.3 is 5.97 Å². The van der Waals surface area contributed by atoms with E-state index < -0.39 is 11.9 Å². The Hall–Kier alpha value is -1.76. The number of carbonyl (C=O) groups excluding carboxylic acids is 1. The van der Waals surface area contributed by atoms with Crippen molar-refractivity contribution < 1.29 is 14.7 Å². The molecule has 1 amide bonds. The average molecular weight is 199 g/mol. The number of carboxylic acids is 1.